The largest absolute Gasteiger partial charge is 0.465 e. The number of aromatic nitrogens is 2. The van der Waals surface area contributed by atoms with Crippen LogP contribution in [-0.4, -0.2) is 27.9 Å². The van der Waals surface area contributed by atoms with Crippen molar-refractivity contribution in [2.45, 2.75) is 69.2 Å². The highest BCUT2D eigenvalue weighted by atomic mass is 16.5. The summed E-state index contributed by atoms with van der Waals surface area (Å²) in [4.78, 5) is 15.1. The van der Waals surface area contributed by atoms with Crippen molar-refractivity contribution in [3.8, 4) is 0 Å². The summed E-state index contributed by atoms with van der Waals surface area (Å²) in [5.74, 6) is 3.98. The van der Waals surface area contributed by atoms with E-state index in [1.54, 1.807) is 0 Å². The summed E-state index contributed by atoms with van der Waals surface area (Å²) in [7, 11) is 0. The number of carboxylic acid groups (broad SMARTS) is 1. The van der Waals surface area contributed by atoms with Crippen molar-refractivity contribution >= 4 is 6.09 Å². The topological polar surface area (TPSA) is 114 Å². The number of rotatable bonds is 7. The second-order valence-electron chi connectivity index (χ2n) is 8.49. The van der Waals surface area contributed by atoms with E-state index in [0.717, 1.165) is 42.8 Å². The second kappa shape index (κ2) is 6.59. The highest BCUT2D eigenvalue weighted by molar-refractivity contribution is 5.64. The number of amides is 1. The maximum atomic E-state index is 10.4. The molecule has 0 spiro atoms. The average molecular weight is 348 g/mol. The molecule has 0 unspecified atom stereocenters. The molecule has 1 atom stereocenters. The van der Waals surface area contributed by atoms with E-state index < -0.39 is 6.09 Å². The Morgan fingerprint density at radius 3 is 2.48 bits per heavy atom. The first-order valence-corrected chi connectivity index (χ1v) is 9.60. The molecule has 0 aromatic carbocycles. The minimum absolute atomic E-state index is 0.141. The predicted molar refractivity (Wildman–Crippen MR) is 91.0 cm³/mol. The van der Waals surface area contributed by atoms with Gasteiger partial charge in [-0.3, -0.25) is 0 Å². The van der Waals surface area contributed by atoms with Crippen molar-refractivity contribution in [1.29, 1.82) is 0 Å². The molecule has 0 saturated heterocycles. The number of hydrogen-bond donors (Lipinski definition) is 3. The number of nitrogens with one attached hydrogen (secondary N) is 1. The van der Waals surface area contributed by atoms with Gasteiger partial charge in [0.2, 0.25) is 5.89 Å². The van der Waals surface area contributed by atoms with Gasteiger partial charge in [-0.2, -0.15) is 4.98 Å². The van der Waals surface area contributed by atoms with Gasteiger partial charge in [0.1, 0.15) is 0 Å². The van der Waals surface area contributed by atoms with Gasteiger partial charge >= 0.3 is 6.09 Å². The Morgan fingerprint density at radius 2 is 1.88 bits per heavy atom. The van der Waals surface area contributed by atoms with Gasteiger partial charge in [0, 0.05) is 12.0 Å². The van der Waals surface area contributed by atoms with Crippen molar-refractivity contribution in [3.05, 3.63) is 11.7 Å². The molecule has 4 saturated carbocycles. The van der Waals surface area contributed by atoms with E-state index in [2.05, 4.69) is 10.5 Å². The maximum absolute atomic E-state index is 10.4. The van der Waals surface area contributed by atoms with Gasteiger partial charge < -0.3 is 20.7 Å². The van der Waals surface area contributed by atoms with Crippen LogP contribution in [0, 0.1) is 17.8 Å². The molecule has 1 aromatic rings. The van der Waals surface area contributed by atoms with Gasteiger partial charge in [-0.05, 0) is 75.5 Å². The molecule has 1 amide bonds. The van der Waals surface area contributed by atoms with Crippen LogP contribution >= 0.6 is 0 Å². The quantitative estimate of drug-likeness (QED) is 0.653. The van der Waals surface area contributed by atoms with Crippen LogP contribution in [0.5, 0.6) is 0 Å². The summed E-state index contributed by atoms with van der Waals surface area (Å²) in [5.41, 5.74) is 6.35. The number of nitrogens with zero attached hydrogens (tertiary/aromatic N) is 2. The molecule has 0 aliphatic heterocycles. The summed E-state index contributed by atoms with van der Waals surface area (Å²) >= 11 is 0. The number of nitrogens with two attached hydrogens (primary N) is 1. The minimum Gasteiger partial charge on any atom is -0.465 e. The fourth-order valence-electron chi connectivity index (χ4n) is 5.79. The SMILES string of the molecule is N[C@@H](CCCCNC(=O)O)c1nc(C23CC4CC(CC(C4)C2)C3)no1. The lowest BCUT2D eigenvalue weighted by Crippen LogP contribution is -2.49. The second-order valence-corrected chi connectivity index (χ2v) is 8.49. The van der Waals surface area contributed by atoms with Gasteiger partial charge in [0.05, 0.1) is 6.04 Å². The molecule has 4 aliphatic rings. The van der Waals surface area contributed by atoms with Crippen LogP contribution in [0.2, 0.25) is 0 Å². The van der Waals surface area contributed by atoms with Crippen LogP contribution < -0.4 is 11.1 Å². The van der Waals surface area contributed by atoms with E-state index in [-0.39, 0.29) is 11.5 Å². The highest BCUT2D eigenvalue weighted by Gasteiger charge is 2.53. The molecular formula is C18H28N4O3. The van der Waals surface area contributed by atoms with Crippen molar-refractivity contribution in [1.82, 2.24) is 15.5 Å². The van der Waals surface area contributed by atoms with E-state index in [4.69, 9.17) is 20.3 Å². The number of carbonyl (C=O) groups is 1. The van der Waals surface area contributed by atoms with Crippen molar-refractivity contribution in [2.24, 2.45) is 23.5 Å². The molecule has 4 N–H and O–H groups in total. The first-order chi connectivity index (χ1) is 12.0. The molecule has 7 nitrogen and oxygen atoms in total. The molecule has 5 rings (SSSR count). The van der Waals surface area contributed by atoms with Crippen molar-refractivity contribution in [3.63, 3.8) is 0 Å². The number of unbranched alkanes of at least 4 members (excludes halogenated alkanes) is 1. The van der Waals surface area contributed by atoms with E-state index in [1.165, 1.54) is 38.5 Å². The third-order valence-corrected chi connectivity index (χ3v) is 6.49. The van der Waals surface area contributed by atoms with Gasteiger partial charge in [0.25, 0.3) is 0 Å². The van der Waals surface area contributed by atoms with Gasteiger partial charge in [-0.15, -0.1) is 0 Å². The smallest absolute Gasteiger partial charge is 0.404 e. The van der Waals surface area contributed by atoms with Crippen LogP contribution in [0.25, 0.3) is 0 Å². The van der Waals surface area contributed by atoms with Crippen LogP contribution in [0.4, 0.5) is 4.79 Å². The molecule has 25 heavy (non-hydrogen) atoms. The molecular weight excluding hydrogens is 320 g/mol. The lowest BCUT2D eigenvalue weighted by atomic mass is 9.49. The predicted octanol–water partition coefficient (Wildman–Crippen LogP) is 2.98. The minimum atomic E-state index is -0.985. The van der Waals surface area contributed by atoms with Crippen LogP contribution in [0.3, 0.4) is 0 Å². The Bertz CT molecular complexity index is 594. The normalized spacial score (nSPS) is 34.2. The Balaban J connectivity index is 1.35. The first-order valence-electron chi connectivity index (χ1n) is 9.60. The van der Waals surface area contributed by atoms with Gasteiger partial charge in [-0.25, -0.2) is 4.79 Å². The lowest BCUT2D eigenvalue weighted by molar-refractivity contribution is -0.0103. The summed E-state index contributed by atoms with van der Waals surface area (Å²) in [6.45, 7) is 0.449. The van der Waals surface area contributed by atoms with Gasteiger partial charge in [0.15, 0.2) is 5.82 Å². The molecule has 4 aliphatic carbocycles. The Hall–Kier alpha value is -1.63. The zero-order valence-electron chi connectivity index (χ0n) is 14.6. The van der Waals surface area contributed by atoms with Crippen LogP contribution in [-0.2, 0) is 5.41 Å². The van der Waals surface area contributed by atoms with Crippen LogP contribution in [0.15, 0.2) is 4.52 Å². The standard InChI is InChI=1S/C18H28N4O3/c19-14(3-1-2-4-20-17(23)24)15-21-16(22-25-15)18-8-11-5-12(9-18)7-13(6-11)10-18/h11-14,20H,1-10,19H2,(H,23,24)/t11?,12?,13?,14-,18?/m0/s1. The van der Waals surface area contributed by atoms with E-state index >= 15 is 0 Å². The summed E-state index contributed by atoms with van der Waals surface area (Å²) in [6.07, 6.45) is 9.17. The Kier molecular flexibility index (Phi) is 4.43. The molecule has 4 bridgehead atoms. The number of hydrogen-bond acceptors (Lipinski definition) is 5. The van der Waals surface area contributed by atoms with Crippen molar-refractivity contribution < 1.29 is 14.4 Å². The molecule has 0 radical (unpaired) electrons. The zero-order chi connectivity index (χ0) is 17.4. The van der Waals surface area contributed by atoms with Gasteiger partial charge in [-0.1, -0.05) is 5.16 Å². The summed E-state index contributed by atoms with van der Waals surface area (Å²) in [6, 6.07) is -0.264. The monoisotopic (exact) mass is 348 g/mol. The molecule has 138 valence electrons. The summed E-state index contributed by atoms with van der Waals surface area (Å²) < 4.78 is 5.52. The van der Waals surface area contributed by atoms with Crippen molar-refractivity contribution in [2.75, 3.05) is 6.54 Å². The maximum Gasteiger partial charge on any atom is 0.404 e. The molecule has 1 aromatic heterocycles. The first kappa shape index (κ1) is 16.8. The van der Waals surface area contributed by atoms with E-state index in [0.29, 0.717) is 12.4 Å². The lowest BCUT2D eigenvalue weighted by Gasteiger charge is -2.55. The molecule has 1 heterocycles. The molecule has 4 fully saturated rings. The fraction of sp³-hybridized carbons (Fsp3) is 0.833. The summed E-state index contributed by atoms with van der Waals surface area (Å²) in [5, 5.41) is 15.3. The third-order valence-electron chi connectivity index (χ3n) is 6.49. The Labute approximate surface area is 147 Å². The van der Waals surface area contributed by atoms with E-state index in [9.17, 15) is 4.79 Å². The molecule has 7 heteroatoms. The Morgan fingerprint density at radius 1 is 1.24 bits per heavy atom. The zero-order valence-corrected chi connectivity index (χ0v) is 14.6. The fourth-order valence-corrected chi connectivity index (χ4v) is 5.79. The average Bonchev–Trinajstić information content (AvgIpc) is 3.03. The third kappa shape index (κ3) is 3.38. The van der Waals surface area contributed by atoms with E-state index in [1.807, 2.05) is 0 Å². The highest BCUT2D eigenvalue weighted by Crippen LogP contribution is 2.60. The van der Waals surface area contributed by atoms with Crippen LogP contribution in [0.1, 0.15) is 75.5 Å².